The predicted molar refractivity (Wildman–Crippen MR) is 92.2 cm³/mol. The summed E-state index contributed by atoms with van der Waals surface area (Å²) in [5, 5.41) is 5.83. The minimum absolute atomic E-state index is 0.0927. The number of nitrogens with one attached hydrogen (secondary N) is 2. The molecule has 1 saturated heterocycles. The summed E-state index contributed by atoms with van der Waals surface area (Å²) in [4.78, 5) is 45.9. The van der Waals surface area contributed by atoms with E-state index in [-0.39, 0.29) is 30.7 Å². The van der Waals surface area contributed by atoms with E-state index in [1.807, 2.05) is 18.2 Å². The average molecular weight is 357 g/mol. The maximum atomic E-state index is 12.6. The van der Waals surface area contributed by atoms with E-state index in [0.717, 1.165) is 0 Å². The number of para-hydroxylation sites is 1. The lowest BCUT2D eigenvalue weighted by Gasteiger charge is -2.34. The molecule has 1 unspecified atom stereocenters. The van der Waals surface area contributed by atoms with Crippen LogP contribution < -0.4 is 15.4 Å². The number of nitrogens with zero attached hydrogens (tertiary/aromatic N) is 3. The van der Waals surface area contributed by atoms with Crippen LogP contribution in [-0.2, 0) is 14.4 Å². The smallest absolute Gasteiger partial charge is 0.261 e. The first-order chi connectivity index (χ1) is 12.6. The third-order valence-corrected chi connectivity index (χ3v) is 4.15. The van der Waals surface area contributed by atoms with Gasteiger partial charge in [0.05, 0.1) is 17.3 Å². The van der Waals surface area contributed by atoms with Crippen molar-refractivity contribution in [3.8, 4) is 5.88 Å². The molecule has 26 heavy (non-hydrogen) atoms. The second kappa shape index (κ2) is 7.77. The zero-order valence-electron chi connectivity index (χ0n) is 14.3. The Labute approximate surface area is 149 Å². The van der Waals surface area contributed by atoms with E-state index in [9.17, 15) is 14.4 Å². The van der Waals surface area contributed by atoms with Gasteiger partial charge in [0.25, 0.3) is 5.91 Å². The Balaban J connectivity index is 1.71. The third kappa shape index (κ3) is 3.71. The van der Waals surface area contributed by atoms with E-state index < -0.39 is 6.04 Å². The lowest BCUT2D eigenvalue weighted by molar-refractivity contribution is -0.146. The molecule has 1 atom stereocenters. The normalized spacial score (nSPS) is 16.9. The molecule has 1 aliphatic rings. The molecule has 0 aliphatic carbocycles. The molecule has 9 nitrogen and oxygen atoms in total. The SMILES string of the molecule is CNC(=O)CC1C(=O)NCCN1C(=O)COc1ncnc2ccccc12. The summed E-state index contributed by atoms with van der Waals surface area (Å²) in [5.74, 6) is -0.738. The van der Waals surface area contributed by atoms with E-state index in [1.54, 1.807) is 6.07 Å². The number of benzene rings is 1. The first kappa shape index (κ1) is 17.6. The van der Waals surface area contributed by atoms with Crippen molar-refractivity contribution in [2.45, 2.75) is 12.5 Å². The van der Waals surface area contributed by atoms with Crippen molar-refractivity contribution < 1.29 is 19.1 Å². The van der Waals surface area contributed by atoms with Gasteiger partial charge in [-0.15, -0.1) is 0 Å². The maximum Gasteiger partial charge on any atom is 0.261 e. The highest BCUT2D eigenvalue weighted by Gasteiger charge is 2.34. The largest absolute Gasteiger partial charge is 0.467 e. The molecule has 136 valence electrons. The zero-order valence-corrected chi connectivity index (χ0v) is 14.3. The number of hydrogen-bond acceptors (Lipinski definition) is 6. The van der Waals surface area contributed by atoms with E-state index in [4.69, 9.17) is 4.74 Å². The summed E-state index contributed by atoms with van der Waals surface area (Å²) >= 11 is 0. The van der Waals surface area contributed by atoms with Crippen LogP contribution in [0.5, 0.6) is 5.88 Å². The molecule has 3 rings (SSSR count). The fraction of sp³-hybridized carbons (Fsp3) is 0.353. The summed E-state index contributed by atoms with van der Waals surface area (Å²) in [6.45, 7) is 0.379. The molecule has 2 heterocycles. The molecule has 2 N–H and O–H groups in total. The van der Waals surface area contributed by atoms with Gasteiger partial charge in [-0.05, 0) is 12.1 Å². The third-order valence-electron chi connectivity index (χ3n) is 4.15. The number of hydrogen-bond donors (Lipinski definition) is 2. The number of ether oxygens (including phenoxy) is 1. The van der Waals surface area contributed by atoms with E-state index >= 15 is 0 Å². The van der Waals surface area contributed by atoms with Crippen LogP contribution in [0.3, 0.4) is 0 Å². The van der Waals surface area contributed by atoms with Gasteiger partial charge in [-0.1, -0.05) is 12.1 Å². The second-order valence-corrected chi connectivity index (χ2v) is 5.76. The van der Waals surface area contributed by atoms with Gasteiger partial charge in [0.15, 0.2) is 6.61 Å². The second-order valence-electron chi connectivity index (χ2n) is 5.76. The quantitative estimate of drug-likeness (QED) is 0.744. The van der Waals surface area contributed by atoms with Crippen molar-refractivity contribution in [1.82, 2.24) is 25.5 Å². The van der Waals surface area contributed by atoms with E-state index in [0.29, 0.717) is 29.9 Å². The zero-order chi connectivity index (χ0) is 18.5. The Morgan fingerprint density at radius 2 is 2.15 bits per heavy atom. The highest BCUT2D eigenvalue weighted by molar-refractivity contribution is 5.93. The van der Waals surface area contributed by atoms with Crippen molar-refractivity contribution in [3.63, 3.8) is 0 Å². The fourth-order valence-corrected chi connectivity index (χ4v) is 2.80. The van der Waals surface area contributed by atoms with Gasteiger partial charge < -0.3 is 20.3 Å². The van der Waals surface area contributed by atoms with Crippen LogP contribution in [0.15, 0.2) is 30.6 Å². The van der Waals surface area contributed by atoms with Crippen molar-refractivity contribution in [2.75, 3.05) is 26.7 Å². The number of carbonyl (C=O) groups excluding carboxylic acids is 3. The number of aromatic nitrogens is 2. The molecule has 1 aliphatic heterocycles. The van der Waals surface area contributed by atoms with Gasteiger partial charge in [-0.3, -0.25) is 14.4 Å². The first-order valence-corrected chi connectivity index (χ1v) is 8.20. The fourth-order valence-electron chi connectivity index (χ4n) is 2.80. The number of amides is 3. The maximum absolute atomic E-state index is 12.6. The standard InChI is InChI=1S/C17H19N5O4/c1-18-14(23)8-13-16(25)19-6-7-22(13)15(24)9-26-17-11-4-2-3-5-12(11)20-10-21-17/h2-5,10,13H,6-9H2,1H3,(H,18,23)(H,19,25). The molecular weight excluding hydrogens is 338 g/mol. The monoisotopic (exact) mass is 357 g/mol. The molecule has 0 radical (unpaired) electrons. The number of piperazine rings is 1. The Bertz CT molecular complexity index is 836. The van der Waals surface area contributed by atoms with Crippen LogP contribution >= 0.6 is 0 Å². The molecule has 9 heteroatoms. The van der Waals surface area contributed by atoms with Crippen LogP contribution in [0.2, 0.25) is 0 Å². The summed E-state index contributed by atoms with van der Waals surface area (Å²) in [7, 11) is 1.48. The number of rotatable bonds is 5. The van der Waals surface area contributed by atoms with Crippen LogP contribution in [0.4, 0.5) is 0 Å². The van der Waals surface area contributed by atoms with Gasteiger partial charge in [0, 0.05) is 20.1 Å². The molecule has 1 fully saturated rings. The molecule has 3 amide bonds. The Morgan fingerprint density at radius 1 is 1.35 bits per heavy atom. The van der Waals surface area contributed by atoms with Crippen LogP contribution in [0.25, 0.3) is 10.9 Å². The lowest BCUT2D eigenvalue weighted by Crippen LogP contribution is -2.59. The minimum Gasteiger partial charge on any atom is -0.467 e. The molecule has 0 saturated carbocycles. The molecule has 2 aromatic rings. The van der Waals surface area contributed by atoms with Crippen molar-refractivity contribution in [2.24, 2.45) is 0 Å². The average Bonchev–Trinajstić information content (AvgIpc) is 2.67. The van der Waals surface area contributed by atoms with Crippen LogP contribution in [-0.4, -0.2) is 65.4 Å². The highest BCUT2D eigenvalue weighted by atomic mass is 16.5. The molecule has 1 aromatic heterocycles. The Morgan fingerprint density at radius 3 is 2.96 bits per heavy atom. The van der Waals surface area contributed by atoms with E-state index in [2.05, 4.69) is 20.6 Å². The number of fused-ring (bicyclic) bond motifs is 1. The summed E-state index contributed by atoms with van der Waals surface area (Å²) in [6, 6.07) is 6.45. The van der Waals surface area contributed by atoms with Gasteiger partial charge in [-0.2, -0.15) is 0 Å². The van der Waals surface area contributed by atoms with Crippen molar-refractivity contribution in [3.05, 3.63) is 30.6 Å². The first-order valence-electron chi connectivity index (χ1n) is 8.20. The summed E-state index contributed by atoms with van der Waals surface area (Å²) in [5.41, 5.74) is 0.708. The Hall–Kier alpha value is -3.23. The number of carbonyl (C=O) groups is 3. The van der Waals surface area contributed by atoms with Gasteiger partial charge in [-0.25, -0.2) is 9.97 Å². The molecule has 0 spiro atoms. The van der Waals surface area contributed by atoms with Crippen molar-refractivity contribution in [1.29, 1.82) is 0 Å². The molecular formula is C17H19N5O4. The van der Waals surface area contributed by atoms with Crippen LogP contribution in [0.1, 0.15) is 6.42 Å². The van der Waals surface area contributed by atoms with Gasteiger partial charge in [0.2, 0.25) is 17.7 Å². The van der Waals surface area contributed by atoms with E-state index in [1.165, 1.54) is 18.3 Å². The highest BCUT2D eigenvalue weighted by Crippen LogP contribution is 2.20. The Kier molecular flexibility index (Phi) is 5.26. The van der Waals surface area contributed by atoms with Crippen LogP contribution in [0, 0.1) is 0 Å². The predicted octanol–water partition coefficient (Wildman–Crippen LogP) is -0.528. The summed E-state index contributed by atoms with van der Waals surface area (Å²) in [6.07, 6.45) is 1.27. The topological polar surface area (TPSA) is 114 Å². The van der Waals surface area contributed by atoms with Gasteiger partial charge >= 0.3 is 0 Å². The lowest BCUT2D eigenvalue weighted by atomic mass is 10.1. The van der Waals surface area contributed by atoms with Crippen molar-refractivity contribution >= 4 is 28.6 Å². The molecule has 1 aromatic carbocycles. The summed E-state index contributed by atoms with van der Waals surface area (Å²) < 4.78 is 5.57. The minimum atomic E-state index is -0.845. The molecule has 0 bridgehead atoms. The van der Waals surface area contributed by atoms with Gasteiger partial charge in [0.1, 0.15) is 12.4 Å².